The minimum atomic E-state index is -4.40. The predicted octanol–water partition coefficient (Wildman–Crippen LogP) is 4.75. The second-order valence-corrected chi connectivity index (χ2v) is 6.75. The third-order valence-electron chi connectivity index (χ3n) is 4.67. The van der Waals surface area contributed by atoms with Gasteiger partial charge in [-0.3, -0.25) is 4.79 Å². The Labute approximate surface area is 165 Å². The molecule has 2 aromatic carbocycles. The van der Waals surface area contributed by atoms with Gasteiger partial charge in [0, 0.05) is 23.6 Å². The number of aromatic nitrogens is 2. The summed E-state index contributed by atoms with van der Waals surface area (Å²) in [6, 6.07) is 13.9. The van der Waals surface area contributed by atoms with Crippen LogP contribution in [0.5, 0.6) is 0 Å². The molecular formula is C21H17F3N4O. The monoisotopic (exact) mass is 398 g/mol. The maximum Gasteiger partial charge on any atom is 0.416 e. The molecule has 1 aromatic heterocycles. The number of halogens is 3. The number of rotatable bonds is 3. The van der Waals surface area contributed by atoms with Crippen molar-refractivity contribution in [2.24, 2.45) is 0 Å². The van der Waals surface area contributed by atoms with Crippen LogP contribution in [0.25, 0.3) is 0 Å². The number of hydrogen-bond acceptors (Lipinski definition) is 4. The number of carbonyl (C=O) groups is 1. The van der Waals surface area contributed by atoms with Crippen LogP contribution in [0.15, 0.2) is 54.6 Å². The molecule has 0 aliphatic carbocycles. The number of benzene rings is 2. The molecule has 0 fully saturated rings. The summed E-state index contributed by atoms with van der Waals surface area (Å²) in [7, 11) is 0. The largest absolute Gasteiger partial charge is 0.416 e. The van der Waals surface area contributed by atoms with Gasteiger partial charge in [-0.1, -0.05) is 18.2 Å². The first-order valence-corrected chi connectivity index (χ1v) is 9.01. The highest BCUT2D eigenvalue weighted by Gasteiger charge is 2.30. The molecule has 0 saturated heterocycles. The number of nitrogens with zero attached hydrogens (tertiary/aromatic N) is 3. The summed E-state index contributed by atoms with van der Waals surface area (Å²) in [5, 5.41) is 2.87. The van der Waals surface area contributed by atoms with Crippen molar-refractivity contribution in [2.75, 3.05) is 16.8 Å². The molecule has 0 bridgehead atoms. The minimum absolute atomic E-state index is 0.153. The summed E-state index contributed by atoms with van der Waals surface area (Å²) in [6.07, 6.45) is -3.62. The molecule has 5 nitrogen and oxygen atoms in total. The van der Waals surface area contributed by atoms with Gasteiger partial charge in [-0.15, -0.1) is 0 Å². The van der Waals surface area contributed by atoms with Gasteiger partial charge in [0.2, 0.25) is 5.95 Å². The third kappa shape index (κ3) is 3.91. The summed E-state index contributed by atoms with van der Waals surface area (Å²) in [5.74, 6) is -0.0866. The van der Waals surface area contributed by atoms with Crippen LogP contribution in [0.4, 0.5) is 30.5 Å². The van der Waals surface area contributed by atoms with Crippen LogP contribution in [0, 0.1) is 6.92 Å². The van der Waals surface area contributed by atoms with Gasteiger partial charge in [-0.2, -0.15) is 13.2 Å². The molecule has 0 saturated carbocycles. The lowest BCUT2D eigenvalue weighted by atomic mass is 10.2. The van der Waals surface area contributed by atoms with Crippen molar-refractivity contribution in [1.82, 2.24) is 9.97 Å². The average Bonchev–Trinajstić information content (AvgIpc) is 3.11. The fourth-order valence-corrected chi connectivity index (χ4v) is 3.29. The Morgan fingerprint density at radius 2 is 1.79 bits per heavy atom. The van der Waals surface area contributed by atoms with Gasteiger partial charge < -0.3 is 10.2 Å². The number of nitrogens with one attached hydrogen (secondary N) is 1. The van der Waals surface area contributed by atoms with Gasteiger partial charge in [-0.25, -0.2) is 9.97 Å². The summed E-state index contributed by atoms with van der Waals surface area (Å²) in [5.41, 5.74) is 2.43. The Morgan fingerprint density at radius 1 is 1.07 bits per heavy atom. The first-order valence-electron chi connectivity index (χ1n) is 9.01. The summed E-state index contributed by atoms with van der Waals surface area (Å²) >= 11 is 0. The first kappa shape index (κ1) is 18.9. The standard InChI is InChI=1S/C21H17F3N4O/c1-13-12-17(19(29)28-11-10-14-4-2-3-5-18(14)28)27-20(25-13)26-16-8-6-15(7-9-16)21(22,23)24/h2-9,12H,10-11H2,1H3,(H,25,26,27). The zero-order chi connectivity index (χ0) is 20.6. The second kappa shape index (κ2) is 7.20. The van der Waals surface area contributed by atoms with Crippen LogP contribution in [-0.4, -0.2) is 22.4 Å². The zero-order valence-electron chi connectivity index (χ0n) is 15.5. The van der Waals surface area contributed by atoms with E-state index >= 15 is 0 Å². The number of anilines is 3. The van der Waals surface area contributed by atoms with E-state index in [1.807, 2.05) is 24.3 Å². The van der Waals surface area contributed by atoms with Gasteiger partial charge in [0.1, 0.15) is 5.69 Å². The van der Waals surface area contributed by atoms with Gasteiger partial charge in [0.15, 0.2) is 0 Å². The van der Waals surface area contributed by atoms with Crippen LogP contribution in [-0.2, 0) is 12.6 Å². The van der Waals surface area contributed by atoms with Crippen molar-refractivity contribution in [3.05, 3.63) is 77.1 Å². The first-order chi connectivity index (χ1) is 13.8. The third-order valence-corrected chi connectivity index (χ3v) is 4.67. The molecule has 8 heteroatoms. The SMILES string of the molecule is Cc1cc(C(=O)N2CCc3ccccc32)nc(Nc2ccc(C(F)(F)F)cc2)n1. The molecule has 0 unspecified atom stereocenters. The van der Waals surface area contributed by atoms with E-state index in [-0.39, 0.29) is 17.5 Å². The van der Waals surface area contributed by atoms with Gasteiger partial charge in [0.05, 0.1) is 5.56 Å². The van der Waals surface area contributed by atoms with Crippen molar-refractivity contribution in [1.29, 1.82) is 0 Å². The molecule has 3 aromatic rings. The van der Waals surface area contributed by atoms with Gasteiger partial charge in [-0.05, 0) is 55.3 Å². The quantitative estimate of drug-likeness (QED) is 0.692. The van der Waals surface area contributed by atoms with E-state index in [4.69, 9.17) is 0 Å². The lowest BCUT2D eigenvalue weighted by Crippen LogP contribution is -2.30. The Bertz CT molecular complexity index is 1060. The second-order valence-electron chi connectivity index (χ2n) is 6.75. The van der Waals surface area contributed by atoms with Gasteiger partial charge in [0.25, 0.3) is 5.91 Å². The number of para-hydroxylation sites is 1. The highest BCUT2D eigenvalue weighted by molar-refractivity contribution is 6.06. The Morgan fingerprint density at radius 3 is 2.52 bits per heavy atom. The van der Waals surface area contributed by atoms with E-state index in [0.29, 0.717) is 17.9 Å². The lowest BCUT2D eigenvalue weighted by Gasteiger charge is -2.17. The Balaban J connectivity index is 1.58. The van der Waals surface area contributed by atoms with Crippen LogP contribution >= 0.6 is 0 Å². The van der Waals surface area contributed by atoms with Crippen LogP contribution in [0.3, 0.4) is 0 Å². The zero-order valence-corrected chi connectivity index (χ0v) is 15.5. The fraction of sp³-hybridized carbons (Fsp3) is 0.190. The molecule has 4 rings (SSSR count). The molecule has 0 atom stereocenters. The highest BCUT2D eigenvalue weighted by atomic mass is 19.4. The Kier molecular flexibility index (Phi) is 4.70. The number of aryl methyl sites for hydroxylation is 1. The molecular weight excluding hydrogens is 381 g/mol. The van der Waals surface area contributed by atoms with Crippen LogP contribution in [0.1, 0.15) is 27.3 Å². The van der Waals surface area contributed by atoms with E-state index < -0.39 is 11.7 Å². The molecule has 0 spiro atoms. The van der Waals surface area contributed by atoms with E-state index in [9.17, 15) is 18.0 Å². The minimum Gasteiger partial charge on any atom is -0.324 e. The van der Waals surface area contributed by atoms with Crippen molar-refractivity contribution in [2.45, 2.75) is 19.5 Å². The molecule has 1 aliphatic rings. The molecule has 0 radical (unpaired) electrons. The number of amides is 1. The fourth-order valence-electron chi connectivity index (χ4n) is 3.29. The van der Waals surface area contributed by atoms with E-state index in [2.05, 4.69) is 15.3 Å². The highest BCUT2D eigenvalue weighted by Crippen LogP contribution is 2.31. The topological polar surface area (TPSA) is 58.1 Å². The number of hydrogen-bond donors (Lipinski definition) is 1. The maximum atomic E-state index is 13.0. The van der Waals surface area contributed by atoms with Crippen molar-refractivity contribution < 1.29 is 18.0 Å². The van der Waals surface area contributed by atoms with Crippen molar-refractivity contribution in [3.63, 3.8) is 0 Å². The average molecular weight is 398 g/mol. The lowest BCUT2D eigenvalue weighted by molar-refractivity contribution is -0.137. The smallest absolute Gasteiger partial charge is 0.324 e. The summed E-state index contributed by atoms with van der Waals surface area (Å²) in [6.45, 7) is 2.30. The van der Waals surface area contributed by atoms with Crippen LogP contribution < -0.4 is 10.2 Å². The van der Waals surface area contributed by atoms with Crippen molar-refractivity contribution >= 4 is 23.2 Å². The van der Waals surface area contributed by atoms with Crippen molar-refractivity contribution in [3.8, 4) is 0 Å². The van der Waals surface area contributed by atoms with Gasteiger partial charge >= 0.3 is 6.18 Å². The van der Waals surface area contributed by atoms with E-state index in [1.54, 1.807) is 17.9 Å². The maximum absolute atomic E-state index is 13.0. The molecule has 1 N–H and O–H groups in total. The molecule has 2 heterocycles. The normalized spacial score (nSPS) is 13.3. The molecule has 29 heavy (non-hydrogen) atoms. The summed E-state index contributed by atoms with van der Waals surface area (Å²) < 4.78 is 38.1. The molecule has 148 valence electrons. The number of alkyl halides is 3. The molecule has 1 aliphatic heterocycles. The van der Waals surface area contributed by atoms with E-state index in [0.717, 1.165) is 29.8 Å². The summed E-state index contributed by atoms with van der Waals surface area (Å²) in [4.78, 5) is 23.2. The molecule has 1 amide bonds. The van der Waals surface area contributed by atoms with Crippen LogP contribution in [0.2, 0.25) is 0 Å². The predicted molar refractivity (Wildman–Crippen MR) is 103 cm³/mol. The number of carbonyl (C=O) groups excluding carboxylic acids is 1. The number of fused-ring (bicyclic) bond motifs is 1. The Hall–Kier alpha value is -3.42. The van der Waals surface area contributed by atoms with E-state index in [1.165, 1.54) is 12.1 Å².